The Bertz CT molecular complexity index is 1010. The number of para-hydroxylation sites is 1. The van der Waals surface area contributed by atoms with Gasteiger partial charge in [-0.15, -0.1) is 0 Å². The van der Waals surface area contributed by atoms with E-state index in [1.54, 1.807) is 36.5 Å². The zero-order valence-electron chi connectivity index (χ0n) is 14.3. The van der Waals surface area contributed by atoms with Crippen LogP contribution in [0.4, 0.5) is 0 Å². The number of nitrogens with zero attached hydrogens (tertiary/aromatic N) is 1. The van der Waals surface area contributed by atoms with E-state index in [4.69, 9.17) is 10.8 Å². The molecule has 3 aromatic rings. The third-order valence-corrected chi connectivity index (χ3v) is 4.17. The molecule has 0 fully saturated rings. The molecule has 3 rings (SSSR count). The van der Waals surface area contributed by atoms with E-state index >= 15 is 0 Å². The summed E-state index contributed by atoms with van der Waals surface area (Å²) in [6, 6.07) is 13.9. The summed E-state index contributed by atoms with van der Waals surface area (Å²) in [5.74, 6) is -2.17. The first kappa shape index (κ1) is 18.1. The van der Waals surface area contributed by atoms with E-state index < -0.39 is 23.8 Å². The fraction of sp³-hybridized carbons (Fsp3) is 0.100. The number of carboxylic acid groups (broad SMARTS) is 1. The van der Waals surface area contributed by atoms with E-state index in [9.17, 15) is 14.4 Å². The number of aromatic nitrogens is 1. The number of carbonyl (C=O) groups excluding carboxylic acids is 2. The van der Waals surface area contributed by atoms with E-state index in [1.165, 1.54) is 12.1 Å². The molecular formula is C20H17N3O4. The van der Waals surface area contributed by atoms with Gasteiger partial charge in [-0.05, 0) is 29.8 Å². The number of aromatic carboxylic acids is 1. The maximum absolute atomic E-state index is 12.7. The van der Waals surface area contributed by atoms with Crippen molar-refractivity contribution in [3.05, 3.63) is 77.5 Å². The Morgan fingerprint density at radius 2 is 1.74 bits per heavy atom. The Morgan fingerprint density at radius 3 is 2.41 bits per heavy atom. The minimum absolute atomic E-state index is 0.139. The number of amides is 2. The lowest BCUT2D eigenvalue weighted by molar-refractivity contribution is -0.119. The van der Waals surface area contributed by atoms with Gasteiger partial charge in [0.05, 0.1) is 16.6 Å². The molecule has 0 aliphatic rings. The largest absolute Gasteiger partial charge is 0.478 e. The number of pyridine rings is 1. The van der Waals surface area contributed by atoms with Crippen LogP contribution in [0.5, 0.6) is 0 Å². The molecular weight excluding hydrogens is 346 g/mol. The maximum atomic E-state index is 12.7. The highest BCUT2D eigenvalue weighted by molar-refractivity contribution is 6.06. The molecule has 0 spiro atoms. The van der Waals surface area contributed by atoms with E-state index in [1.807, 2.05) is 12.1 Å². The Labute approximate surface area is 154 Å². The summed E-state index contributed by atoms with van der Waals surface area (Å²) in [6.07, 6.45) is 1.74. The van der Waals surface area contributed by atoms with Crippen LogP contribution >= 0.6 is 0 Å². The van der Waals surface area contributed by atoms with Gasteiger partial charge in [-0.2, -0.15) is 0 Å². The van der Waals surface area contributed by atoms with Gasteiger partial charge in [0.2, 0.25) is 5.91 Å². The summed E-state index contributed by atoms with van der Waals surface area (Å²) in [5.41, 5.74) is 7.14. The van der Waals surface area contributed by atoms with Crippen molar-refractivity contribution in [2.75, 3.05) is 0 Å². The summed E-state index contributed by atoms with van der Waals surface area (Å²) in [5, 5.41) is 12.4. The fourth-order valence-electron chi connectivity index (χ4n) is 2.77. The first-order valence-electron chi connectivity index (χ1n) is 8.22. The lowest BCUT2D eigenvalue weighted by Crippen LogP contribution is -2.45. The van der Waals surface area contributed by atoms with Crippen molar-refractivity contribution < 1.29 is 19.5 Å². The second-order valence-corrected chi connectivity index (χ2v) is 6.02. The minimum Gasteiger partial charge on any atom is -0.478 e. The number of primary amides is 1. The number of hydrogen-bond acceptors (Lipinski definition) is 4. The molecule has 2 amide bonds. The van der Waals surface area contributed by atoms with Gasteiger partial charge in [0.15, 0.2) is 0 Å². The highest BCUT2D eigenvalue weighted by atomic mass is 16.4. The Balaban J connectivity index is 1.80. The topological polar surface area (TPSA) is 122 Å². The third-order valence-electron chi connectivity index (χ3n) is 4.17. The summed E-state index contributed by atoms with van der Waals surface area (Å²) >= 11 is 0. The predicted molar refractivity (Wildman–Crippen MR) is 99.3 cm³/mol. The number of benzene rings is 2. The smallest absolute Gasteiger partial charge is 0.335 e. The zero-order valence-corrected chi connectivity index (χ0v) is 14.3. The van der Waals surface area contributed by atoms with Crippen LogP contribution in [0.15, 0.2) is 60.8 Å². The molecule has 0 radical (unpaired) electrons. The SMILES string of the molecule is NC(=O)[C@H](Cc1ccc(C(=O)O)cc1)NC(=O)c1cccc2cccnc12. The molecule has 1 heterocycles. The molecule has 0 saturated heterocycles. The van der Waals surface area contributed by atoms with E-state index in [0.29, 0.717) is 16.6 Å². The van der Waals surface area contributed by atoms with Gasteiger partial charge in [-0.25, -0.2) is 4.79 Å². The second-order valence-electron chi connectivity index (χ2n) is 6.02. The number of hydrogen-bond donors (Lipinski definition) is 3. The number of rotatable bonds is 6. The van der Waals surface area contributed by atoms with E-state index in [0.717, 1.165) is 5.39 Å². The van der Waals surface area contributed by atoms with Crippen LogP contribution in [0.1, 0.15) is 26.3 Å². The van der Waals surface area contributed by atoms with Gasteiger partial charge in [0, 0.05) is 18.0 Å². The van der Waals surface area contributed by atoms with Crippen molar-refractivity contribution >= 4 is 28.7 Å². The van der Waals surface area contributed by atoms with Crippen LogP contribution in [0.3, 0.4) is 0 Å². The van der Waals surface area contributed by atoms with Gasteiger partial charge >= 0.3 is 5.97 Å². The fourth-order valence-corrected chi connectivity index (χ4v) is 2.77. The van der Waals surface area contributed by atoms with Crippen LogP contribution in [0.25, 0.3) is 10.9 Å². The van der Waals surface area contributed by atoms with Crippen LogP contribution < -0.4 is 11.1 Å². The monoisotopic (exact) mass is 363 g/mol. The number of nitrogens with one attached hydrogen (secondary N) is 1. The van der Waals surface area contributed by atoms with Crippen molar-refractivity contribution in [1.29, 1.82) is 0 Å². The number of nitrogens with two attached hydrogens (primary N) is 1. The average molecular weight is 363 g/mol. The predicted octanol–water partition coefficient (Wildman–Crippen LogP) is 1.76. The Hall–Kier alpha value is -3.74. The number of fused-ring (bicyclic) bond motifs is 1. The van der Waals surface area contributed by atoms with Crippen LogP contribution in [0.2, 0.25) is 0 Å². The van der Waals surface area contributed by atoms with Crippen molar-refractivity contribution in [3.63, 3.8) is 0 Å². The van der Waals surface area contributed by atoms with E-state index in [-0.39, 0.29) is 12.0 Å². The van der Waals surface area contributed by atoms with Crippen molar-refractivity contribution in [1.82, 2.24) is 10.3 Å². The molecule has 2 aromatic carbocycles. The molecule has 0 saturated carbocycles. The van der Waals surface area contributed by atoms with Gasteiger partial charge in [0.1, 0.15) is 6.04 Å². The third kappa shape index (κ3) is 4.09. The van der Waals surface area contributed by atoms with Gasteiger partial charge < -0.3 is 16.2 Å². The highest BCUT2D eigenvalue weighted by Gasteiger charge is 2.21. The molecule has 27 heavy (non-hydrogen) atoms. The molecule has 0 bridgehead atoms. The Morgan fingerprint density at radius 1 is 1.04 bits per heavy atom. The molecule has 7 heteroatoms. The van der Waals surface area contributed by atoms with Gasteiger partial charge in [0.25, 0.3) is 5.91 Å². The van der Waals surface area contributed by atoms with Crippen LogP contribution in [-0.2, 0) is 11.2 Å². The number of carboxylic acids is 1. The molecule has 1 atom stereocenters. The first-order chi connectivity index (χ1) is 13.0. The summed E-state index contributed by atoms with van der Waals surface area (Å²) in [6.45, 7) is 0. The molecule has 7 nitrogen and oxygen atoms in total. The van der Waals surface area contributed by atoms with Crippen molar-refractivity contribution in [2.45, 2.75) is 12.5 Å². The molecule has 0 aliphatic heterocycles. The second kappa shape index (κ2) is 7.65. The van der Waals surface area contributed by atoms with Gasteiger partial charge in [-0.1, -0.05) is 30.3 Å². The average Bonchev–Trinajstić information content (AvgIpc) is 2.67. The molecule has 136 valence electrons. The minimum atomic E-state index is -1.04. The van der Waals surface area contributed by atoms with E-state index in [2.05, 4.69) is 10.3 Å². The maximum Gasteiger partial charge on any atom is 0.335 e. The Kier molecular flexibility index (Phi) is 5.12. The number of carbonyl (C=O) groups is 3. The molecule has 1 aromatic heterocycles. The summed E-state index contributed by atoms with van der Waals surface area (Å²) < 4.78 is 0. The lowest BCUT2D eigenvalue weighted by Gasteiger charge is -2.16. The lowest BCUT2D eigenvalue weighted by atomic mass is 10.0. The van der Waals surface area contributed by atoms with Gasteiger partial charge in [-0.3, -0.25) is 14.6 Å². The molecule has 4 N–H and O–H groups in total. The highest BCUT2D eigenvalue weighted by Crippen LogP contribution is 2.16. The van der Waals surface area contributed by atoms with Crippen LogP contribution in [-0.4, -0.2) is 33.9 Å². The quantitative estimate of drug-likeness (QED) is 0.616. The zero-order chi connectivity index (χ0) is 19.4. The summed E-state index contributed by atoms with van der Waals surface area (Å²) in [4.78, 5) is 39.6. The molecule has 0 unspecified atom stereocenters. The normalized spacial score (nSPS) is 11.7. The summed E-state index contributed by atoms with van der Waals surface area (Å²) in [7, 11) is 0. The molecule has 0 aliphatic carbocycles. The van der Waals surface area contributed by atoms with Crippen LogP contribution in [0, 0.1) is 0 Å². The first-order valence-corrected chi connectivity index (χ1v) is 8.22. The van der Waals surface area contributed by atoms with Crippen molar-refractivity contribution in [3.8, 4) is 0 Å². The van der Waals surface area contributed by atoms with Crippen molar-refractivity contribution in [2.24, 2.45) is 5.73 Å². The standard InChI is InChI=1S/C20H17N3O4/c21-18(24)16(11-12-6-8-14(9-7-12)20(26)27)23-19(25)15-5-1-3-13-4-2-10-22-17(13)15/h1-10,16H,11H2,(H2,21,24)(H,23,25)(H,26,27)/t16-/m0/s1.